The summed E-state index contributed by atoms with van der Waals surface area (Å²) < 4.78 is 15.7. The molecule has 21 heavy (non-hydrogen) atoms. The molecule has 5 nitrogen and oxygen atoms in total. The molecule has 1 aliphatic rings. The first-order chi connectivity index (χ1) is 10.3. The van der Waals surface area contributed by atoms with Crippen molar-refractivity contribution in [3.8, 4) is 0 Å². The highest BCUT2D eigenvalue weighted by Gasteiger charge is 2.51. The lowest BCUT2D eigenvalue weighted by atomic mass is 10.1. The molecule has 0 radical (unpaired) electrons. The maximum Gasteiger partial charge on any atom is 0.338 e. The van der Waals surface area contributed by atoms with E-state index in [1.54, 1.807) is 6.92 Å². The van der Waals surface area contributed by atoms with Gasteiger partial charge in [-0.15, -0.1) is 0 Å². The van der Waals surface area contributed by atoms with Crippen LogP contribution in [-0.4, -0.2) is 43.8 Å². The van der Waals surface area contributed by atoms with Gasteiger partial charge in [-0.1, -0.05) is 30.3 Å². The second kappa shape index (κ2) is 7.78. The highest BCUT2D eigenvalue weighted by atomic mass is 16.7. The van der Waals surface area contributed by atoms with Gasteiger partial charge in [-0.05, 0) is 25.8 Å². The van der Waals surface area contributed by atoms with E-state index >= 15 is 0 Å². The van der Waals surface area contributed by atoms with Crippen molar-refractivity contribution in [1.82, 2.24) is 0 Å². The van der Waals surface area contributed by atoms with Gasteiger partial charge in [0.05, 0.1) is 13.2 Å². The van der Waals surface area contributed by atoms with Gasteiger partial charge in [0, 0.05) is 6.54 Å². The van der Waals surface area contributed by atoms with Gasteiger partial charge in [-0.25, -0.2) is 4.79 Å². The smallest absolute Gasteiger partial charge is 0.338 e. The van der Waals surface area contributed by atoms with Gasteiger partial charge in [0.25, 0.3) is 0 Å². The third kappa shape index (κ3) is 4.56. The summed E-state index contributed by atoms with van der Waals surface area (Å²) in [5, 5.41) is 0. The van der Waals surface area contributed by atoms with E-state index in [9.17, 15) is 4.79 Å². The van der Waals surface area contributed by atoms with Gasteiger partial charge < -0.3 is 14.2 Å². The Labute approximate surface area is 124 Å². The van der Waals surface area contributed by atoms with Crippen molar-refractivity contribution in [2.45, 2.75) is 32.5 Å². The zero-order valence-corrected chi connectivity index (χ0v) is 12.5. The van der Waals surface area contributed by atoms with E-state index in [1.165, 1.54) is 5.56 Å². The first kappa shape index (κ1) is 15.5. The van der Waals surface area contributed by atoms with E-state index in [-0.39, 0.29) is 12.1 Å². The Bertz CT molecular complexity index is 486. The number of carbonyl (C=O) groups excluding carboxylic acids is 1. The predicted octanol–water partition coefficient (Wildman–Crippen LogP) is 1.99. The van der Waals surface area contributed by atoms with Gasteiger partial charge in [0.15, 0.2) is 12.2 Å². The van der Waals surface area contributed by atoms with Crippen LogP contribution in [0.5, 0.6) is 0 Å². The van der Waals surface area contributed by atoms with Crippen LogP contribution in [0.3, 0.4) is 0 Å². The molecule has 2 rings (SSSR count). The molecular formula is C16H21NO4. The molecule has 1 aromatic rings. The molecule has 1 aromatic carbocycles. The number of carbonyl (C=O) groups is 1. The molecule has 2 atom stereocenters. The van der Waals surface area contributed by atoms with Gasteiger partial charge in [0.1, 0.15) is 0 Å². The third-order valence-corrected chi connectivity index (χ3v) is 3.06. The molecule has 1 heterocycles. The number of ether oxygens (including phenoxy) is 3. The molecule has 1 saturated heterocycles. The Morgan fingerprint density at radius 2 is 1.86 bits per heavy atom. The second-order valence-electron chi connectivity index (χ2n) is 4.62. The summed E-state index contributed by atoms with van der Waals surface area (Å²) in [5.74, 6) is 0.143. The number of nitrogens with zero attached hydrogens (tertiary/aromatic N) is 1. The largest absolute Gasteiger partial charge is 0.479 e. The van der Waals surface area contributed by atoms with Gasteiger partial charge in [0.2, 0.25) is 5.90 Å². The fourth-order valence-electron chi connectivity index (χ4n) is 2.01. The van der Waals surface area contributed by atoms with E-state index in [1.807, 2.05) is 25.1 Å². The summed E-state index contributed by atoms with van der Waals surface area (Å²) in [7, 11) is 0. The number of benzene rings is 1. The Kier molecular flexibility index (Phi) is 5.75. The summed E-state index contributed by atoms with van der Waals surface area (Å²) in [6, 6.07) is 10.1. The quantitative estimate of drug-likeness (QED) is 0.334. The van der Waals surface area contributed by atoms with Crippen molar-refractivity contribution < 1.29 is 19.0 Å². The number of hydrogen-bond acceptors (Lipinski definition) is 5. The van der Waals surface area contributed by atoms with Crippen molar-refractivity contribution in [1.29, 1.82) is 0 Å². The highest BCUT2D eigenvalue weighted by molar-refractivity contribution is 5.92. The minimum absolute atomic E-state index is 0.348. The maximum absolute atomic E-state index is 11.6. The van der Waals surface area contributed by atoms with E-state index in [4.69, 9.17) is 14.2 Å². The van der Waals surface area contributed by atoms with E-state index in [0.717, 1.165) is 6.42 Å². The van der Waals surface area contributed by atoms with E-state index in [2.05, 4.69) is 17.1 Å². The van der Waals surface area contributed by atoms with E-state index < -0.39 is 6.10 Å². The molecule has 0 bridgehead atoms. The normalized spacial score (nSPS) is 21.0. The molecule has 114 valence electrons. The summed E-state index contributed by atoms with van der Waals surface area (Å²) in [4.78, 5) is 16.0. The molecule has 0 aliphatic carbocycles. The summed E-state index contributed by atoms with van der Waals surface area (Å²) in [6.45, 7) is 5.11. The minimum atomic E-state index is -0.563. The number of esters is 1. The van der Waals surface area contributed by atoms with Crippen LogP contribution in [0.4, 0.5) is 0 Å². The van der Waals surface area contributed by atoms with Crippen LogP contribution in [0.1, 0.15) is 19.4 Å². The monoisotopic (exact) mass is 291 g/mol. The highest BCUT2D eigenvalue weighted by Crippen LogP contribution is 2.25. The lowest BCUT2D eigenvalue weighted by Gasteiger charge is -2.05. The van der Waals surface area contributed by atoms with Crippen LogP contribution in [0.15, 0.2) is 35.3 Å². The van der Waals surface area contributed by atoms with Crippen LogP contribution >= 0.6 is 0 Å². The minimum Gasteiger partial charge on any atom is -0.479 e. The van der Waals surface area contributed by atoms with E-state index in [0.29, 0.717) is 25.7 Å². The van der Waals surface area contributed by atoms with Gasteiger partial charge in [-0.3, -0.25) is 4.99 Å². The maximum atomic E-state index is 11.6. The number of rotatable bonds is 7. The van der Waals surface area contributed by atoms with Crippen LogP contribution in [0.2, 0.25) is 0 Å². The fourth-order valence-corrected chi connectivity index (χ4v) is 2.01. The number of hydrogen-bond donors (Lipinski definition) is 0. The zero-order valence-electron chi connectivity index (χ0n) is 12.5. The lowest BCUT2D eigenvalue weighted by molar-refractivity contribution is -0.144. The van der Waals surface area contributed by atoms with Crippen molar-refractivity contribution in [2.24, 2.45) is 4.99 Å². The molecule has 0 saturated carbocycles. The lowest BCUT2D eigenvalue weighted by Crippen LogP contribution is -2.21. The van der Waals surface area contributed by atoms with Crippen molar-refractivity contribution in [3.63, 3.8) is 0 Å². The van der Waals surface area contributed by atoms with Crippen molar-refractivity contribution >= 4 is 11.9 Å². The number of epoxide rings is 1. The number of aliphatic imine (C=N–C) groups is 1. The molecule has 0 N–H and O–H groups in total. The molecular weight excluding hydrogens is 270 g/mol. The van der Waals surface area contributed by atoms with Crippen molar-refractivity contribution in [3.05, 3.63) is 35.9 Å². The summed E-state index contributed by atoms with van der Waals surface area (Å²) in [5.41, 5.74) is 1.22. The van der Waals surface area contributed by atoms with Crippen molar-refractivity contribution in [2.75, 3.05) is 19.8 Å². The summed E-state index contributed by atoms with van der Waals surface area (Å²) >= 11 is 0. The predicted molar refractivity (Wildman–Crippen MR) is 79.4 cm³/mol. The average molecular weight is 291 g/mol. The molecule has 5 heteroatoms. The topological polar surface area (TPSA) is 60.4 Å². The average Bonchev–Trinajstić information content (AvgIpc) is 3.28. The van der Waals surface area contributed by atoms with Gasteiger partial charge >= 0.3 is 5.97 Å². The molecule has 1 fully saturated rings. The standard InChI is InChI=1S/C16H21NO4/c1-3-19-15(13-14(21-13)16(18)20-4-2)17-11-10-12-8-6-5-7-9-12/h5-9,13-14H,3-4,10-11H2,1-2H3. The van der Waals surface area contributed by atoms with Crippen LogP contribution in [-0.2, 0) is 25.4 Å². The third-order valence-electron chi connectivity index (χ3n) is 3.06. The molecule has 2 unspecified atom stereocenters. The zero-order chi connectivity index (χ0) is 15.1. The molecule has 0 aromatic heterocycles. The first-order valence-corrected chi connectivity index (χ1v) is 7.29. The first-order valence-electron chi connectivity index (χ1n) is 7.29. The summed E-state index contributed by atoms with van der Waals surface area (Å²) in [6.07, 6.45) is -0.124. The van der Waals surface area contributed by atoms with Crippen LogP contribution < -0.4 is 0 Å². The second-order valence-corrected chi connectivity index (χ2v) is 4.62. The molecule has 1 aliphatic heterocycles. The van der Waals surface area contributed by atoms with Gasteiger partial charge in [-0.2, -0.15) is 0 Å². The Balaban J connectivity index is 1.87. The van der Waals surface area contributed by atoms with Crippen LogP contribution in [0.25, 0.3) is 0 Å². The Morgan fingerprint density at radius 1 is 1.14 bits per heavy atom. The fraction of sp³-hybridized carbons (Fsp3) is 0.500. The molecule has 0 amide bonds. The Morgan fingerprint density at radius 3 is 2.52 bits per heavy atom. The molecule has 0 spiro atoms. The van der Waals surface area contributed by atoms with Crippen LogP contribution in [0, 0.1) is 0 Å². The SMILES string of the molecule is CCOC(=O)C1OC1C(=NCCc1ccccc1)OCC. The Hall–Kier alpha value is -1.88.